The molecule has 8 heteroatoms. The molecular formula is C21H22FN3O4. The second-order valence-corrected chi connectivity index (χ2v) is 6.90. The van der Waals surface area contributed by atoms with Crippen LogP contribution in [0.1, 0.15) is 10.4 Å². The maximum absolute atomic E-state index is 13.8. The maximum Gasteiger partial charge on any atom is 0.265 e. The fraction of sp³-hybridized carbons (Fsp3) is 0.333. The van der Waals surface area contributed by atoms with Gasteiger partial charge in [-0.1, -0.05) is 12.1 Å². The third-order valence-electron chi connectivity index (χ3n) is 5.02. The summed E-state index contributed by atoms with van der Waals surface area (Å²) in [5.74, 6) is -0.718. The van der Waals surface area contributed by atoms with Crippen LogP contribution >= 0.6 is 0 Å². The average Bonchev–Trinajstić information content (AvgIpc) is 2.74. The van der Waals surface area contributed by atoms with Crippen molar-refractivity contribution in [3.8, 4) is 5.75 Å². The smallest absolute Gasteiger partial charge is 0.265 e. The van der Waals surface area contributed by atoms with Crippen LogP contribution in [-0.2, 0) is 9.53 Å². The number of anilines is 2. The molecule has 0 radical (unpaired) electrons. The van der Waals surface area contributed by atoms with E-state index in [4.69, 9.17) is 9.47 Å². The van der Waals surface area contributed by atoms with E-state index in [2.05, 4.69) is 10.2 Å². The van der Waals surface area contributed by atoms with Crippen LogP contribution in [0.15, 0.2) is 42.5 Å². The lowest BCUT2D eigenvalue weighted by atomic mass is 10.1. The quantitative estimate of drug-likeness (QED) is 0.834. The molecule has 1 fully saturated rings. The number of amides is 2. The molecule has 2 aromatic carbocycles. The minimum Gasteiger partial charge on any atom is -0.481 e. The number of fused-ring (bicyclic) bond motifs is 1. The average molecular weight is 399 g/mol. The van der Waals surface area contributed by atoms with Crippen molar-refractivity contribution < 1.29 is 23.5 Å². The van der Waals surface area contributed by atoms with Gasteiger partial charge in [0.15, 0.2) is 6.61 Å². The molecule has 2 heterocycles. The number of benzene rings is 2. The minimum absolute atomic E-state index is 0.0338. The Kier molecular flexibility index (Phi) is 5.73. The molecule has 29 heavy (non-hydrogen) atoms. The molecule has 0 aromatic heterocycles. The van der Waals surface area contributed by atoms with Crippen molar-refractivity contribution in [2.45, 2.75) is 0 Å². The minimum atomic E-state index is -0.584. The molecule has 1 saturated heterocycles. The van der Waals surface area contributed by atoms with Crippen LogP contribution < -0.4 is 15.0 Å². The molecule has 7 nitrogen and oxygen atoms in total. The molecule has 0 unspecified atom stereocenters. The fourth-order valence-electron chi connectivity index (χ4n) is 3.44. The molecule has 2 amide bonds. The summed E-state index contributed by atoms with van der Waals surface area (Å²) in [6.07, 6.45) is 0. The SMILES string of the molecule is O=C(Nc1ccc2c(c1)OCC(=O)N2CCN1CCOCC1)c1ccccc1F. The molecule has 0 atom stereocenters. The highest BCUT2D eigenvalue weighted by Crippen LogP contribution is 2.34. The first-order valence-corrected chi connectivity index (χ1v) is 9.55. The number of carbonyl (C=O) groups excluding carboxylic acids is 2. The van der Waals surface area contributed by atoms with Crippen LogP contribution in [0.25, 0.3) is 0 Å². The number of ether oxygens (including phenoxy) is 2. The number of rotatable bonds is 5. The lowest BCUT2D eigenvalue weighted by molar-refractivity contribution is -0.121. The molecule has 2 aromatic rings. The summed E-state index contributed by atoms with van der Waals surface area (Å²) in [7, 11) is 0. The first-order valence-electron chi connectivity index (χ1n) is 9.55. The zero-order valence-electron chi connectivity index (χ0n) is 15.9. The Morgan fingerprint density at radius 3 is 2.69 bits per heavy atom. The van der Waals surface area contributed by atoms with Gasteiger partial charge in [-0.3, -0.25) is 14.5 Å². The van der Waals surface area contributed by atoms with Crippen LogP contribution in [-0.4, -0.2) is 62.7 Å². The number of carbonyl (C=O) groups is 2. The zero-order chi connectivity index (χ0) is 20.2. The van der Waals surface area contributed by atoms with Gasteiger partial charge in [0, 0.05) is 37.9 Å². The zero-order valence-corrected chi connectivity index (χ0v) is 15.9. The van der Waals surface area contributed by atoms with Crippen LogP contribution in [0.4, 0.5) is 15.8 Å². The van der Waals surface area contributed by atoms with Crippen molar-refractivity contribution in [1.29, 1.82) is 0 Å². The van der Waals surface area contributed by atoms with E-state index in [0.717, 1.165) is 19.6 Å². The Morgan fingerprint density at radius 1 is 1.10 bits per heavy atom. The third kappa shape index (κ3) is 4.38. The van der Waals surface area contributed by atoms with Crippen molar-refractivity contribution in [3.63, 3.8) is 0 Å². The normalized spacial score (nSPS) is 16.9. The molecule has 0 bridgehead atoms. The Morgan fingerprint density at radius 2 is 1.90 bits per heavy atom. The van der Waals surface area contributed by atoms with Gasteiger partial charge < -0.3 is 19.7 Å². The van der Waals surface area contributed by atoms with Gasteiger partial charge in [0.1, 0.15) is 11.6 Å². The number of nitrogens with one attached hydrogen (secondary N) is 1. The number of nitrogens with zero attached hydrogens (tertiary/aromatic N) is 2. The van der Waals surface area contributed by atoms with Crippen molar-refractivity contribution in [1.82, 2.24) is 4.90 Å². The van der Waals surface area contributed by atoms with Crippen molar-refractivity contribution in [2.75, 3.05) is 56.2 Å². The van der Waals surface area contributed by atoms with Crippen molar-refractivity contribution in [3.05, 3.63) is 53.8 Å². The largest absolute Gasteiger partial charge is 0.481 e. The van der Waals surface area contributed by atoms with E-state index in [9.17, 15) is 14.0 Å². The van der Waals surface area contributed by atoms with E-state index in [-0.39, 0.29) is 18.1 Å². The molecule has 0 aliphatic carbocycles. The molecular weight excluding hydrogens is 377 g/mol. The van der Waals surface area contributed by atoms with Gasteiger partial charge in [-0.2, -0.15) is 0 Å². The van der Waals surface area contributed by atoms with Gasteiger partial charge >= 0.3 is 0 Å². The van der Waals surface area contributed by atoms with Crippen LogP contribution in [0.3, 0.4) is 0 Å². The monoisotopic (exact) mass is 399 g/mol. The molecule has 152 valence electrons. The number of hydrogen-bond donors (Lipinski definition) is 1. The lowest BCUT2D eigenvalue weighted by Gasteiger charge is -2.33. The van der Waals surface area contributed by atoms with Gasteiger partial charge in [-0.25, -0.2) is 4.39 Å². The van der Waals surface area contributed by atoms with Crippen molar-refractivity contribution in [2.24, 2.45) is 0 Å². The summed E-state index contributed by atoms with van der Waals surface area (Å²) in [5, 5.41) is 2.67. The topological polar surface area (TPSA) is 71.1 Å². The highest BCUT2D eigenvalue weighted by atomic mass is 19.1. The Balaban J connectivity index is 1.47. The van der Waals surface area contributed by atoms with Gasteiger partial charge in [-0.15, -0.1) is 0 Å². The third-order valence-corrected chi connectivity index (χ3v) is 5.02. The first-order chi connectivity index (χ1) is 14.1. The van der Waals surface area contributed by atoms with Crippen molar-refractivity contribution >= 4 is 23.2 Å². The van der Waals surface area contributed by atoms with E-state index in [1.165, 1.54) is 18.2 Å². The lowest BCUT2D eigenvalue weighted by Crippen LogP contribution is -2.45. The summed E-state index contributed by atoms with van der Waals surface area (Å²) in [6, 6.07) is 10.9. The standard InChI is InChI=1S/C21H22FN3O4/c22-17-4-2-1-3-16(17)21(27)23-15-5-6-18-19(13-15)29-14-20(26)25(18)8-7-24-9-11-28-12-10-24/h1-6,13H,7-12,14H2,(H,23,27). The summed E-state index contributed by atoms with van der Waals surface area (Å²) in [6.45, 7) is 4.37. The Hall–Kier alpha value is -2.97. The molecule has 2 aliphatic heterocycles. The van der Waals surface area contributed by atoms with E-state index in [0.29, 0.717) is 36.9 Å². The van der Waals surface area contributed by atoms with E-state index in [1.54, 1.807) is 29.2 Å². The maximum atomic E-state index is 13.8. The van der Waals surface area contributed by atoms with Gasteiger partial charge in [0.25, 0.3) is 11.8 Å². The summed E-state index contributed by atoms with van der Waals surface area (Å²) < 4.78 is 24.7. The van der Waals surface area contributed by atoms with Crippen LogP contribution in [0.2, 0.25) is 0 Å². The summed E-state index contributed by atoms with van der Waals surface area (Å²) in [5.41, 5.74) is 1.10. The highest BCUT2D eigenvalue weighted by molar-refractivity contribution is 6.05. The van der Waals surface area contributed by atoms with E-state index in [1.807, 2.05) is 0 Å². The van der Waals surface area contributed by atoms with E-state index >= 15 is 0 Å². The Bertz CT molecular complexity index is 915. The van der Waals surface area contributed by atoms with Crippen LogP contribution in [0.5, 0.6) is 5.75 Å². The fourth-order valence-corrected chi connectivity index (χ4v) is 3.44. The molecule has 1 N–H and O–H groups in total. The summed E-state index contributed by atoms with van der Waals surface area (Å²) in [4.78, 5) is 28.6. The number of halogens is 1. The van der Waals surface area contributed by atoms with Gasteiger partial charge in [0.2, 0.25) is 0 Å². The number of hydrogen-bond acceptors (Lipinski definition) is 5. The predicted molar refractivity (Wildman–Crippen MR) is 106 cm³/mol. The molecule has 0 spiro atoms. The van der Waals surface area contributed by atoms with Gasteiger partial charge in [0.05, 0.1) is 24.5 Å². The van der Waals surface area contributed by atoms with Crippen LogP contribution in [0, 0.1) is 5.82 Å². The second-order valence-electron chi connectivity index (χ2n) is 6.90. The molecule has 2 aliphatic rings. The number of morpholine rings is 1. The highest BCUT2D eigenvalue weighted by Gasteiger charge is 2.26. The van der Waals surface area contributed by atoms with Gasteiger partial charge in [-0.05, 0) is 24.3 Å². The molecule has 0 saturated carbocycles. The predicted octanol–water partition coefficient (Wildman–Crippen LogP) is 2.14. The Labute approximate surface area is 168 Å². The second kappa shape index (κ2) is 8.59. The summed E-state index contributed by atoms with van der Waals surface area (Å²) >= 11 is 0. The van der Waals surface area contributed by atoms with E-state index < -0.39 is 11.7 Å². The molecule has 4 rings (SSSR count). The first kappa shape index (κ1) is 19.4.